The molecule has 2 amide bonds. The minimum absolute atomic E-state index is 0.0923. The standard InChI is InChI=1S/C23H39N3O3/c1-20(27)18-22(19-26(2,3)4)25-23(28)24-15-10-5-6-11-16-29-17-14-21-12-8-7-9-13-21/h7-9,12-13,22H,5-6,10-11,14-19H2,1-4H3,(H-,24,25,28)/p+1. The Bertz CT molecular complexity index is 585. The Morgan fingerprint density at radius 1 is 1.00 bits per heavy atom. The highest BCUT2D eigenvalue weighted by Gasteiger charge is 2.21. The summed E-state index contributed by atoms with van der Waals surface area (Å²) in [6.45, 7) is 4.49. The molecule has 29 heavy (non-hydrogen) atoms. The molecule has 0 aliphatic carbocycles. The fourth-order valence-corrected chi connectivity index (χ4v) is 3.23. The number of benzene rings is 1. The van der Waals surface area contributed by atoms with Gasteiger partial charge in [0, 0.05) is 19.6 Å². The van der Waals surface area contributed by atoms with Crippen molar-refractivity contribution in [3.63, 3.8) is 0 Å². The molecule has 0 saturated carbocycles. The number of nitrogens with zero attached hydrogens (tertiary/aromatic N) is 1. The van der Waals surface area contributed by atoms with Gasteiger partial charge in [-0.1, -0.05) is 43.2 Å². The topological polar surface area (TPSA) is 67.4 Å². The summed E-state index contributed by atoms with van der Waals surface area (Å²) >= 11 is 0. The lowest BCUT2D eigenvalue weighted by atomic mass is 10.1. The quantitative estimate of drug-likeness (QED) is 0.347. The number of ether oxygens (including phenoxy) is 1. The van der Waals surface area contributed by atoms with Gasteiger partial charge in [-0.3, -0.25) is 4.79 Å². The largest absolute Gasteiger partial charge is 0.381 e. The van der Waals surface area contributed by atoms with E-state index in [-0.39, 0.29) is 17.9 Å². The number of likely N-dealkylation sites (N-methyl/N-ethyl adjacent to an activating group) is 1. The molecule has 1 rings (SSSR count). The molecular weight excluding hydrogens is 366 g/mol. The molecule has 0 aromatic heterocycles. The SMILES string of the molecule is CC(=O)CC(C[N+](C)(C)C)NC(=O)NCCCCCCOCCc1ccccc1. The van der Waals surface area contributed by atoms with E-state index < -0.39 is 0 Å². The molecule has 1 atom stereocenters. The summed E-state index contributed by atoms with van der Waals surface area (Å²) in [5.41, 5.74) is 1.31. The number of unbranched alkanes of at least 4 members (excludes halogenated alkanes) is 3. The van der Waals surface area contributed by atoms with Crippen LogP contribution in [0.5, 0.6) is 0 Å². The summed E-state index contributed by atoms with van der Waals surface area (Å²) in [6.07, 6.45) is 5.49. The van der Waals surface area contributed by atoms with Crippen molar-refractivity contribution < 1.29 is 18.8 Å². The summed E-state index contributed by atoms with van der Waals surface area (Å²) in [4.78, 5) is 23.5. The molecule has 164 valence electrons. The van der Waals surface area contributed by atoms with E-state index in [0.29, 0.717) is 17.4 Å². The molecule has 6 nitrogen and oxygen atoms in total. The lowest BCUT2D eigenvalue weighted by Crippen LogP contribution is -2.51. The van der Waals surface area contributed by atoms with E-state index in [1.807, 2.05) is 6.07 Å². The second-order valence-corrected chi connectivity index (χ2v) is 8.74. The van der Waals surface area contributed by atoms with Gasteiger partial charge in [0.25, 0.3) is 0 Å². The van der Waals surface area contributed by atoms with Gasteiger partial charge in [0.1, 0.15) is 5.78 Å². The Balaban J connectivity index is 2.02. The molecule has 6 heteroatoms. The van der Waals surface area contributed by atoms with Crippen molar-refractivity contribution in [1.29, 1.82) is 0 Å². The number of carbonyl (C=O) groups excluding carboxylic acids is 2. The molecule has 0 aliphatic rings. The number of ketones is 1. The first-order valence-electron chi connectivity index (χ1n) is 10.7. The summed E-state index contributed by atoms with van der Waals surface area (Å²) in [5, 5.41) is 5.84. The Kier molecular flexibility index (Phi) is 12.2. The van der Waals surface area contributed by atoms with E-state index >= 15 is 0 Å². The number of hydrogen-bond acceptors (Lipinski definition) is 3. The van der Waals surface area contributed by atoms with Crippen molar-refractivity contribution in [3.8, 4) is 0 Å². The van der Waals surface area contributed by atoms with Crippen LogP contribution in [0.3, 0.4) is 0 Å². The van der Waals surface area contributed by atoms with Crippen LogP contribution in [0, 0.1) is 0 Å². The van der Waals surface area contributed by atoms with Crippen molar-refractivity contribution >= 4 is 11.8 Å². The number of rotatable bonds is 15. The minimum Gasteiger partial charge on any atom is -0.381 e. The van der Waals surface area contributed by atoms with E-state index in [0.717, 1.165) is 51.9 Å². The number of Topliss-reactive ketones (excluding diaryl/α,β-unsaturated/α-hetero) is 1. The fourth-order valence-electron chi connectivity index (χ4n) is 3.23. The summed E-state index contributed by atoms with van der Waals surface area (Å²) in [6, 6.07) is 10.1. The zero-order valence-corrected chi connectivity index (χ0v) is 18.7. The van der Waals surface area contributed by atoms with Crippen LogP contribution in [0.1, 0.15) is 44.6 Å². The highest BCUT2D eigenvalue weighted by molar-refractivity contribution is 5.78. The van der Waals surface area contributed by atoms with Crippen LogP contribution < -0.4 is 10.6 Å². The van der Waals surface area contributed by atoms with Crippen molar-refractivity contribution in [2.45, 2.75) is 51.5 Å². The molecule has 0 heterocycles. The van der Waals surface area contributed by atoms with Crippen molar-refractivity contribution in [2.75, 3.05) is 47.4 Å². The molecule has 2 N–H and O–H groups in total. The van der Waals surface area contributed by atoms with Gasteiger partial charge in [-0.25, -0.2) is 4.79 Å². The molecule has 0 spiro atoms. The predicted molar refractivity (Wildman–Crippen MR) is 118 cm³/mol. The Morgan fingerprint density at radius 2 is 1.69 bits per heavy atom. The molecule has 0 bridgehead atoms. The van der Waals surface area contributed by atoms with Crippen molar-refractivity contribution in [1.82, 2.24) is 10.6 Å². The third-order valence-corrected chi connectivity index (χ3v) is 4.52. The molecule has 0 fully saturated rings. The number of hydrogen-bond donors (Lipinski definition) is 2. The number of urea groups is 1. The average molecular weight is 407 g/mol. The molecule has 0 radical (unpaired) electrons. The zero-order chi connectivity index (χ0) is 21.5. The van der Waals surface area contributed by atoms with Gasteiger partial charge in [0.05, 0.1) is 40.3 Å². The van der Waals surface area contributed by atoms with E-state index in [2.05, 4.69) is 56.0 Å². The number of amides is 2. The smallest absolute Gasteiger partial charge is 0.315 e. The van der Waals surface area contributed by atoms with Crippen LogP contribution in [0.15, 0.2) is 30.3 Å². The van der Waals surface area contributed by atoms with Gasteiger partial charge in [-0.15, -0.1) is 0 Å². The van der Waals surface area contributed by atoms with Gasteiger partial charge in [0.15, 0.2) is 0 Å². The Morgan fingerprint density at radius 3 is 2.34 bits per heavy atom. The molecule has 0 aliphatic heterocycles. The number of quaternary nitrogens is 1. The van der Waals surface area contributed by atoms with Gasteiger partial charge in [-0.05, 0) is 31.7 Å². The monoisotopic (exact) mass is 406 g/mol. The summed E-state index contributed by atoms with van der Waals surface area (Å²) < 4.78 is 6.39. The van der Waals surface area contributed by atoms with Gasteiger partial charge in [-0.2, -0.15) is 0 Å². The maximum atomic E-state index is 12.1. The molecule has 1 unspecified atom stereocenters. The zero-order valence-electron chi connectivity index (χ0n) is 18.7. The molecular formula is C23H40N3O3+. The maximum Gasteiger partial charge on any atom is 0.315 e. The van der Waals surface area contributed by atoms with Crippen LogP contribution in [0.25, 0.3) is 0 Å². The van der Waals surface area contributed by atoms with Crippen molar-refractivity contribution in [3.05, 3.63) is 35.9 Å². The summed E-state index contributed by atoms with van der Waals surface area (Å²) in [7, 11) is 6.16. The fraction of sp³-hybridized carbons (Fsp3) is 0.652. The molecule has 1 aromatic carbocycles. The average Bonchev–Trinajstić information content (AvgIpc) is 2.62. The first-order chi connectivity index (χ1) is 13.8. The maximum absolute atomic E-state index is 12.1. The van der Waals surface area contributed by atoms with Crippen LogP contribution in [-0.2, 0) is 16.0 Å². The third kappa shape index (κ3) is 14.7. The highest BCUT2D eigenvalue weighted by atomic mass is 16.5. The van der Waals surface area contributed by atoms with Crippen molar-refractivity contribution in [2.24, 2.45) is 0 Å². The van der Waals surface area contributed by atoms with Gasteiger partial charge < -0.3 is 19.9 Å². The predicted octanol–water partition coefficient (Wildman–Crippen LogP) is 3.16. The first-order valence-corrected chi connectivity index (χ1v) is 10.7. The van der Waals surface area contributed by atoms with E-state index in [4.69, 9.17) is 4.74 Å². The Hall–Kier alpha value is -1.92. The van der Waals surface area contributed by atoms with Crippen LogP contribution in [0.2, 0.25) is 0 Å². The second kappa shape index (κ2) is 14.1. The highest BCUT2D eigenvalue weighted by Crippen LogP contribution is 2.03. The Labute approximate surface area is 176 Å². The number of carbonyl (C=O) groups is 2. The number of nitrogens with one attached hydrogen (secondary N) is 2. The second-order valence-electron chi connectivity index (χ2n) is 8.74. The van der Waals surface area contributed by atoms with E-state index in [1.165, 1.54) is 5.56 Å². The van der Waals surface area contributed by atoms with Crippen LogP contribution in [0.4, 0.5) is 4.79 Å². The minimum atomic E-state index is -0.186. The van der Waals surface area contributed by atoms with E-state index in [1.54, 1.807) is 6.92 Å². The lowest BCUT2D eigenvalue weighted by Gasteiger charge is -2.29. The third-order valence-electron chi connectivity index (χ3n) is 4.52. The van der Waals surface area contributed by atoms with Crippen LogP contribution >= 0.6 is 0 Å². The lowest BCUT2D eigenvalue weighted by molar-refractivity contribution is -0.871. The van der Waals surface area contributed by atoms with Gasteiger partial charge in [0.2, 0.25) is 0 Å². The molecule has 0 saturated heterocycles. The van der Waals surface area contributed by atoms with E-state index in [9.17, 15) is 9.59 Å². The first kappa shape index (κ1) is 25.1. The normalized spacial score (nSPS) is 12.4. The van der Waals surface area contributed by atoms with Crippen LogP contribution in [-0.4, -0.2) is 69.8 Å². The molecule has 1 aromatic rings. The summed E-state index contributed by atoms with van der Waals surface area (Å²) in [5.74, 6) is 0.0923. The van der Waals surface area contributed by atoms with Gasteiger partial charge >= 0.3 is 6.03 Å².